The van der Waals surface area contributed by atoms with Gasteiger partial charge >= 0.3 is 0 Å². The quantitative estimate of drug-likeness (QED) is 0.234. The fourth-order valence-corrected chi connectivity index (χ4v) is 6.17. The van der Waals surface area contributed by atoms with E-state index in [0.29, 0.717) is 0 Å². The number of aromatic nitrogens is 5. The SMILES string of the molecule is c1ccc2c(c1)ccc1c2c2ncccc2n1-c1ccc(-c2nc3ccccc3c3nc4ccccc4n23)cc1. The van der Waals surface area contributed by atoms with Gasteiger partial charge < -0.3 is 4.57 Å². The van der Waals surface area contributed by atoms with Crippen molar-refractivity contribution < 1.29 is 0 Å². The summed E-state index contributed by atoms with van der Waals surface area (Å²) in [7, 11) is 0. The molecular formula is C35H21N5. The average molecular weight is 512 g/mol. The highest BCUT2D eigenvalue weighted by molar-refractivity contribution is 6.19. The number of benzene rings is 5. The fraction of sp³-hybridized carbons (Fsp3) is 0. The molecule has 40 heavy (non-hydrogen) atoms. The van der Waals surface area contributed by atoms with E-state index in [1.807, 2.05) is 30.5 Å². The summed E-state index contributed by atoms with van der Waals surface area (Å²) in [6.07, 6.45) is 1.88. The Hall–Kier alpha value is -5.55. The highest BCUT2D eigenvalue weighted by atomic mass is 15.1. The molecule has 5 nitrogen and oxygen atoms in total. The number of hydrogen-bond acceptors (Lipinski definition) is 3. The van der Waals surface area contributed by atoms with E-state index >= 15 is 0 Å². The predicted octanol–water partition coefficient (Wildman–Crippen LogP) is 8.35. The Morgan fingerprint density at radius 2 is 1.27 bits per heavy atom. The second kappa shape index (κ2) is 7.98. The maximum atomic E-state index is 5.13. The molecular weight excluding hydrogens is 490 g/mol. The molecule has 0 spiro atoms. The molecule has 0 atom stereocenters. The molecule has 0 N–H and O–H groups in total. The number of pyridine rings is 1. The van der Waals surface area contributed by atoms with Crippen LogP contribution in [0.1, 0.15) is 0 Å². The third kappa shape index (κ3) is 2.89. The molecule has 0 bridgehead atoms. The molecule has 5 aromatic carbocycles. The van der Waals surface area contributed by atoms with Gasteiger partial charge in [0.05, 0.1) is 33.1 Å². The zero-order valence-electron chi connectivity index (χ0n) is 21.4. The van der Waals surface area contributed by atoms with Crippen LogP contribution in [0.15, 0.2) is 128 Å². The van der Waals surface area contributed by atoms with Crippen LogP contribution in [-0.2, 0) is 0 Å². The third-order valence-electron chi connectivity index (χ3n) is 7.94. The van der Waals surface area contributed by atoms with Gasteiger partial charge in [0, 0.05) is 28.2 Å². The molecule has 0 radical (unpaired) electrons. The minimum Gasteiger partial charge on any atom is -0.308 e. The molecule has 186 valence electrons. The van der Waals surface area contributed by atoms with Crippen LogP contribution in [0.2, 0.25) is 0 Å². The normalized spacial score (nSPS) is 12.0. The van der Waals surface area contributed by atoms with Crippen molar-refractivity contribution in [1.82, 2.24) is 23.9 Å². The zero-order valence-corrected chi connectivity index (χ0v) is 21.4. The summed E-state index contributed by atoms with van der Waals surface area (Å²) >= 11 is 0. The Labute approximate surface area is 228 Å². The van der Waals surface area contributed by atoms with Crippen LogP contribution >= 0.6 is 0 Å². The van der Waals surface area contributed by atoms with Crippen molar-refractivity contribution in [3.63, 3.8) is 0 Å². The first-order valence-corrected chi connectivity index (χ1v) is 13.4. The van der Waals surface area contributed by atoms with Crippen molar-refractivity contribution >= 4 is 60.3 Å². The number of fused-ring (bicyclic) bond motifs is 10. The summed E-state index contributed by atoms with van der Waals surface area (Å²) in [5.74, 6) is 0.879. The minimum atomic E-state index is 0.879. The van der Waals surface area contributed by atoms with E-state index in [1.54, 1.807) is 0 Å². The maximum Gasteiger partial charge on any atom is 0.149 e. The Morgan fingerprint density at radius 1 is 0.525 bits per heavy atom. The Kier molecular flexibility index (Phi) is 4.27. The summed E-state index contributed by atoms with van der Waals surface area (Å²) < 4.78 is 4.49. The van der Waals surface area contributed by atoms with Gasteiger partial charge in [0.2, 0.25) is 0 Å². The summed E-state index contributed by atoms with van der Waals surface area (Å²) in [5.41, 5.74) is 9.24. The molecule has 9 rings (SSSR count). The number of nitrogens with zero attached hydrogens (tertiary/aromatic N) is 5. The average Bonchev–Trinajstić information content (AvgIpc) is 3.58. The Morgan fingerprint density at radius 3 is 2.17 bits per heavy atom. The largest absolute Gasteiger partial charge is 0.308 e. The number of imidazole rings is 1. The number of hydrogen-bond donors (Lipinski definition) is 0. The molecule has 0 fully saturated rings. The van der Waals surface area contributed by atoms with Gasteiger partial charge in [-0.3, -0.25) is 9.38 Å². The Bertz CT molecular complexity index is 2430. The summed E-state index contributed by atoms with van der Waals surface area (Å²) in [4.78, 5) is 14.9. The second-order valence-electron chi connectivity index (χ2n) is 10.1. The second-order valence-corrected chi connectivity index (χ2v) is 10.1. The van der Waals surface area contributed by atoms with Crippen LogP contribution in [0.25, 0.3) is 77.4 Å². The van der Waals surface area contributed by atoms with E-state index in [2.05, 4.69) is 106 Å². The molecule has 0 amide bonds. The number of para-hydroxylation sites is 3. The van der Waals surface area contributed by atoms with E-state index in [-0.39, 0.29) is 0 Å². The van der Waals surface area contributed by atoms with E-state index in [0.717, 1.165) is 61.2 Å². The van der Waals surface area contributed by atoms with Crippen LogP contribution in [0.3, 0.4) is 0 Å². The highest BCUT2D eigenvalue weighted by Gasteiger charge is 2.17. The van der Waals surface area contributed by atoms with Gasteiger partial charge in [-0.05, 0) is 77.5 Å². The molecule has 5 heteroatoms. The lowest BCUT2D eigenvalue weighted by Crippen LogP contribution is -1.99. The molecule has 4 heterocycles. The van der Waals surface area contributed by atoms with Crippen molar-refractivity contribution in [2.45, 2.75) is 0 Å². The van der Waals surface area contributed by atoms with Crippen molar-refractivity contribution in [3.05, 3.63) is 128 Å². The molecule has 0 aliphatic rings. The first kappa shape index (κ1) is 21.4. The predicted molar refractivity (Wildman–Crippen MR) is 163 cm³/mol. The molecule has 9 aromatic rings. The molecule has 0 aliphatic carbocycles. The first-order chi connectivity index (χ1) is 19.8. The molecule has 0 aliphatic heterocycles. The minimum absolute atomic E-state index is 0.879. The summed E-state index contributed by atoms with van der Waals surface area (Å²) in [6, 6.07) is 42.2. The van der Waals surface area contributed by atoms with Crippen molar-refractivity contribution in [1.29, 1.82) is 0 Å². The van der Waals surface area contributed by atoms with Crippen LogP contribution in [-0.4, -0.2) is 23.9 Å². The number of rotatable bonds is 2. The van der Waals surface area contributed by atoms with Gasteiger partial charge in [-0.25, -0.2) is 9.97 Å². The third-order valence-corrected chi connectivity index (χ3v) is 7.94. The first-order valence-electron chi connectivity index (χ1n) is 13.4. The maximum absolute atomic E-state index is 5.13. The van der Waals surface area contributed by atoms with Crippen LogP contribution in [0.5, 0.6) is 0 Å². The van der Waals surface area contributed by atoms with Gasteiger partial charge in [-0.1, -0.05) is 54.6 Å². The lowest BCUT2D eigenvalue weighted by molar-refractivity contribution is 1.15. The van der Waals surface area contributed by atoms with E-state index in [4.69, 9.17) is 15.0 Å². The molecule has 0 saturated heterocycles. The van der Waals surface area contributed by atoms with E-state index in [9.17, 15) is 0 Å². The molecule has 0 saturated carbocycles. The zero-order chi connectivity index (χ0) is 26.2. The molecule has 0 unspecified atom stereocenters. The smallest absolute Gasteiger partial charge is 0.149 e. The summed E-state index contributed by atoms with van der Waals surface area (Å²) in [5, 5.41) is 4.66. The Balaban J connectivity index is 1.30. The standard InChI is InChI=1S/C35H21N5/c1-2-9-25-22(8-1)17-20-30-32(25)33-31(14-7-21-36-33)39(30)24-18-15-23(16-19-24)34-37-27-11-4-3-10-26(27)35-38-28-12-5-6-13-29(28)40(34)35/h1-21H. The van der Waals surface area contributed by atoms with Gasteiger partial charge in [-0.15, -0.1) is 0 Å². The van der Waals surface area contributed by atoms with Gasteiger partial charge in [0.25, 0.3) is 0 Å². The van der Waals surface area contributed by atoms with Crippen molar-refractivity contribution in [2.24, 2.45) is 0 Å². The van der Waals surface area contributed by atoms with Crippen LogP contribution in [0, 0.1) is 0 Å². The highest BCUT2D eigenvalue weighted by Crippen LogP contribution is 2.36. The van der Waals surface area contributed by atoms with Gasteiger partial charge in [0.1, 0.15) is 11.5 Å². The van der Waals surface area contributed by atoms with Gasteiger partial charge in [-0.2, -0.15) is 0 Å². The lowest BCUT2D eigenvalue weighted by Gasteiger charge is -2.11. The fourth-order valence-electron chi connectivity index (χ4n) is 6.17. The van der Waals surface area contributed by atoms with Crippen LogP contribution < -0.4 is 0 Å². The van der Waals surface area contributed by atoms with Crippen LogP contribution in [0.4, 0.5) is 0 Å². The van der Waals surface area contributed by atoms with Crippen molar-refractivity contribution in [3.8, 4) is 17.1 Å². The topological polar surface area (TPSA) is 48.0 Å². The van der Waals surface area contributed by atoms with Crippen molar-refractivity contribution in [2.75, 3.05) is 0 Å². The van der Waals surface area contributed by atoms with E-state index in [1.165, 1.54) is 16.2 Å². The lowest BCUT2D eigenvalue weighted by atomic mass is 10.1. The van der Waals surface area contributed by atoms with E-state index < -0.39 is 0 Å². The summed E-state index contributed by atoms with van der Waals surface area (Å²) in [6.45, 7) is 0. The van der Waals surface area contributed by atoms with Gasteiger partial charge in [0.15, 0.2) is 0 Å². The molecule has 4 aromatic heterocycles. The monoisotopic (exact) mass is 511 g/mol.